The van der Waals surface area contributed by atoms with Crippen LogP contribution in [0.3, 0.4) is 0 Å². The summed E-state index contributed by atoms with van der Waals surface area (Å²) in [5.41, 5.74) is 3.52. The maximum atomic E-state index is 13.6. The maximum Gasteiger partial charge on any atom is 0.264 e. The van der Waals surface area contributed by atoms with Crippen molar-refractivity contribution in [2.24, 2.45) is 0 Å². The summed E-state index contributed by atoms with van der Waals surface area (Å²) in [6, 6.07) is 23.9. The number of anilines is 3. The molecule has 0 spiro atoms. The van der Waals surface area contributed by atoms with Crippen LogP contribution in [0, 0.1) is 20.8 Å². The Hall–Kier alpha value is -4.35. The van der Waals surface area contributed by atoms with Crippen molar-refractivity contribution in [3.8, 4) is 5.75 Å². The van der Waals surface area contributed by atoms with Crippen molar-refractivity contribution < 1.29 is 26.4 Å². The fraction of sp³-hybridized carbons (Fsp3) is 0.167. The van der Waals surface area contributed by atoms with Gasteiger partial charge >= 0.3 is 0 Å². The molecule has 214 valence electrons. The fourth-order valence-corrected chi connectivity index (χ4v) is 6.77. The van der Waals surface area contributed by atoms with Crippen LogP contribution in [0.5, 0.6) is 5.75 Å². The molecule has 41 heavy (non-hydrogen) atoms. The first-order valence-electron chi connectivity index (χ1n) is 12.6. The van der Waals surface area contributed by atoms with Crippen molar-refractivity contribution in [1.29, 1.82) is 0 Å². The van der Waals surface area contributed by atoms with E-state index in [1.54, 1.807) is 48.5 Å². The Labute approximate surface area is 240 Å². The van der Waals surface area contributed by atoms with Gasteiger partial charge in [0, 0.05) is 5.69 Å². The van der Waals surface area contributed by atoms with Crippen molar-refractivity contribution >= 4 is 43.0 Å². The lowest BCUT2D eigenvalue weighted by Gasteiger charge is -2.25. The molecule has 4 aromatic carbocycles. The number of benzene rings is 4. The van der Waals surface area contributed by atoms with Gasteiger partial charge in [0.2, 0.25) is 5.91 Å². The minimum Gasteiger partial charge on any atom is -0.495 e. The zero-order valence-corrected chi connectivity index (χ0v) is 24.7. The number of rotatable bonds is 10. The summed E-state index contributed by atoms with van der Waals surface area (Å²) in [6.07, 6.45) is 0. The van der Waals surface area contributed by atoms with Crippen molar-refractivity contribution in [3.63, 3.8) is 0 Å². The van der Waals surface area contributed by atoms with Gasteiger partial charge in [0.25, 0.3) is 20.0 Å². The van der Waals surface area contributed by atoms with E-state index in [4.69, 9.17) is 4.74 Å². The smallest absolute Gasteiger partial charge is 0.264 e. The molecule has 0 saturated carbocycles. The molecule has 9 nitrogen and oxygen atoms in total. The van der Waals surface area contributed by atoms with Crippen LogP contribution in [0.4, 0.5) is 17.1 Å². The highest BCUT2D eigenvalue weighted by Crippen LogP contribution is 2.29. The molecular formula is C30H31N3O6S2. The van der Waals surface area contributed by atoms with Crippen LogP contribution in [-0.2, 0) is 24.8 Å². The van der Waals surface area contributed by atoms with Gasteiger partial charge in [0.15, 0.2) is 0 Å². The summed E-state index contributed by atoms with van der Waals surface area (Å²) in [4.78, 5) is 13.1. The van der Waals surface area contributed by atoms with Crippen molar-refractivity contribution in [2.75, 3.05) is 28.0 Å². The second-order valence-corrected chi connectivity index (χ2v) is 13.1. The predicted octanol–water partition coefficient (Wildman–Crippen LogP) is 5.26. The molecule has 0 aliphatic heterocycles. The van der Waals surface area contributed by atoms with E-state index in [2.05, 4.69) is 10.0 Å². The third-order valence-corrected chi connectivity index (χ3v) is 9.33. The Morgan fingerprint density at radius 1 is 0.756 bits per heavy atom. The van der Waals surface area contributed by atoms with E-state index in [1.165, 1.54) is 43.5 Å². The molecule has 0 aromatic heterocycles. The molecule has 2 N–H and O–H groups in total. The lowest BCUT2D eigenvalue weighted by Crippen LogP contribution is -2.38. The average molecular weight is 594 g/mol. The molecule has 0 heterocycles. The van der Waals surface area contributed by atoms with Crippen molar-refractivity contribution in [3.05, 3.63) is 108 Å². The zero-order chi connectivity index (χ0) is 29.8. The van der Waals surface area contributed by atoms with Crippen LogP contribution >= 0.6 is 0 Å². The third-order valence-electron chi connectivity index (χ3n) is 6.16. The Morgan fingerprint density at radius 3 is 2.00 bits per heavy atom. The molecule has 0 aliphatic carbocycles. The standard InChI is InChI=1S/C30H31N3O6S2/c1-21-10-15-29(39-4)28(19-21)32-40(35,36)26-13-11-24(12-14-26)31-30(34)20-33(25-17-22(2)16-23(3)18-25)41(37,38)27-8-6-5-7-9-27/h5-19,32H,20H2,1-4H3,(H,31,34). The monoisotopic (exact) mass is 593 g/mol. The quantitative estimate of drug-likeness (QED) is 0.259. The molecule has 0 atom stereocenters. The Kier molecular flexibility index (Phi) is 8.69. The van der Waals surface area contributed by atoms with E-state index < -0.39 is 32.5 Å². The first kappa shape index (κ1) is 29.6. The normalized spacial score (nSPS) is 11.5. The number of hydrogen-bond acceptors (Lipinski definition) is 6. The topological polar surface area (TPSA) is 122 Å². The highest BCUT2D eigenvalue weighted by atomic mass is 32.2. The van der Waals surface area contributed by atoms with Crippen LogP contribution in [0.1, 0.15) is 16.7 Å². The molecule has 1 amide bonds. The van der Waals surface area contributed by atoms with E-state index in [0.717, 1.165) is 21.0 Å². The molecular weight excluding hydrogens is 562 g/mol. The van der Waals surface area contributed by atoms with Gasteiger partial charge in [-0.25, -0.2) is 16.8 Å². The SMILES string of the molecule is COc1ccc(C)cc1NS(=O)(=O)c1ccc(NC(=O)CN(c2cc(C)cc(C)c2)S(=O)(=O)c2ccccc2)cc1. The molecule has 4 aromatic rings. The number of nitrogens with zero attached hydrogens (tertiary/aromatic N) is 1. The number of carbonyl (C=O) groups is 1. The lowest BCUT2D eigenvalue weighted by molar-refractivity contribution is -0.114. The summed E-state index contributed by atoms with van der Waals surface area (Å²) in [7, 11) is -6.57. The number of hydrogen-bond donors (Lipinski definition) is 2. The number of nitrogens with one attached hydrogen (secondary N) is 2. The minimum atomic E-state index is -4.07. The first-order chi connectivity index (χ1) is 19.4. The number of ether oxygens (including phenoxy) is 1. The van der Waals surface area contributed by atoms with Gasteiger partial charge < -0.3 is 10.1 Å². The van der Waals surface area contributed by atoms with E-state index in [1.807, 2.05) is 26.8 Å². The van der Waals surface area contributed by atoms with Gasteiger partial charge in [-0.2, -0.15) is 0 Å². The van der Waals surface area contributed by atoms with Crippen LogP contribution in [-0.4, -0.2) is 36.4 Å². The molecule has 0 bridgehead atoms. The first-order valence-corrected chi connectivity index (χ1v) is 15.5. The third kappa shape index (κ3) is 7.05. The van der Waals surface area contributed by atoms with Crippen LogP contribution in [0.15, 0.2) is 101 Å². The second-order valence-electron chi connectivity index (χ2n) is 9.55. The van der Waals surface area contributed by atoms with E-state index in [9.17, 15) is 21.6 Å². The lowest BCUT2D eigenvalue weighted by atomic mass is 10.1. The number of sulfonamides is 2. The van der Waals surface area contributed by atoms with E-state index in [0.29, 0.717) is 22.8 Å². The number of methoxy groups -OCH3 is 1. The highest BCUT2D eigenvalue weighted by Gasteiger charge is 2.27. The molecule has 11 heteroatoms. The molecule has 0 unspecified atom stereocenters. The maximum absolute atomic E-state index is 13.6. The predicted molar refractivity (Wildman–Crippen MR) is 161 cm³/mol. The number of amides is 1. The van der Waals surface area contributed by atoms with Gasteiger partial charge in [-0.3, -0.25) is 13.8 Å². The Balaban J connectivity index is 1.55. The van der Waals surface area contributed by atoms with Crippen LogP contribution < -0.4 is 19.1 Å². The van der Waals surface area contributed by atoms with Crippen molar-refractivity contribution in [1.82, 2.24) is 0 Å². The summed E-state index contributed by atoms with van der Waals surface area (Å²) in [6.45, 7) is 5.04. The average Bonchev–Trinajstić information content (AvgIpc) is 2.92. The van der Waals surface area contributed by atoms with Gasteiger partial charge in [0.05, 0.1) is 28.3 Å². The largest absolute Gasteiger partial charge is 0.495 e. The van der Waals surface area contributed by atoms with Gasteiger partial charge in [-0.1, -0.05) is 30.3 Å². The molecule has 0 radical (unpaired) electrons. The molecule has 4 rings (SSSR count). The Bertz CT molecular complexity index is 1750. The fourth-order valence-electron chi connectivity index (χ4n) is 4.28. The molecule has 0 fully saturated rings. The van der Waals surface area contributed by atoms with Crippen LogP contribution in [0.25, 0.3) is 0 Å². The molecule has 0 aliphatic rings. The van der Waals surface area contributed by atoms with Gasteiger partial charge in [-0.15, -0.1) is 0 Å². The van der Waals surface area contributed by atoms with E-state index in [-0.39, 0.29) is 9.79 Å². The second kappa shape index (κ2) is 12.0. The van der Waals surface area contributed by atoms with Crippen molar-refractivity contribution in [2.45, 2.75) is 30.6 Å². The summed E-state index contributed by atoms with van der Waals surface area (Å²) < 4.78 is 62.0. The highest BCUT2D eigenvalue weighted by molar-refractivity contribution is 7.93. The summed E-state index contributed by atoms with van der Waals surface area (Å²) >= 11 is 0. The Morgan fingerprint density at radius 2 is 1.39 bits per heavy atom. The summed E-state index contributed by atoms with van der Waals surface area (Å²) in [5.74, 6) is -0.219. The summed E-state index contributed by atoms with van der Waals surface area (Å²) in [5, 5.41) is 2.67. The molecule has 0 saturated heterocycles. The number of carbonyl (C=O) groups excluding carboxylic acids is 1. The van der Waals surface area contributed by atoms with Crippen LogP contribution in [0.2, 0.25) is 0 Å². The number of aryl methyl sites for hydroxylation is 3. The zero-order valence-electron chi connectivity index (χ0n) is 23.1. The minimum absolute atomic E-state index is 0.0254. The van der Waals surface area contributed by atoms with E-state index >= 15 is 0 Å². The van der Waals surface area contributed by atoms with Gasteiger partial charge in [-0.05, 0) is 98.1 Å². The van der Waals surface area contributed by atoms with Gasteiger partial charge in [0.1, 0.15) is 12.3 Å².